The number of hydrogen-bond acceptors (Lipinski definition) is 5. The van der Waals surface area contributed by atoms with Crippen LogP contribution < -0.4 is 16.2 Å². The van der Waals surface area contributed by atoms with Gasteiger partial charge in [-0.15, -0.1) is 0 Å². The summed E-state index contributed by atoms with van der Waals surface area (Å²) in [7, 11) is 0. The summed E-state index contributed by atoms with van der Waals surface area (Å²) in [5, 5.41) is 13.1. The fourth-order valence-corrected chi connectivity index (χ4v) is 5.31. The lowest BCUT2D eigenvalue weighted by Crippen LogP contribution is -2.35. The van der Waals surface area contributed by atoms with Crippen molar-refractivity contribution in [2.24, 2.45) is 5.92 Å². The number of phenols is 1. The van der Waals surface area contributed by atoms with Crippen molar-refractivity contribution in [2.45, 2.75) is 63.6 Å². The first-order valence-electron chi connectivity index (χ1n) is 10.4. The Morgan fingerprint density at radius 2 is 2.14 bits per heavy atom. The van der Waals surface area contributed by atoms with E-state index in [1.165, 1.54) is 11.4 Å². The zero-order valence-corrected chi connectivity index (χ0v) is 16.2. The fraction of sp³-hybridized carbons (Fsp3) is 0.571. The molecule has 6 nitrogen and oxygen atoms in total. The smallest absolute Gasteiger partial charge is 0.165 e. The lowest BCUT2D eigenvalue weighted by Gasteiger charge is -2.33. The third-order valence-corrected chi connectivity index (χ3v) is 6.80. The number of phenolic OH excluding ortho intramolecular Hbond substituents is 1. The second-order valence-electron chi connectivity index (χ2n) is 8.38. The molecule has 1 saturated heterocycles. The van der Waals surface area contributed by atoms with E-state index >= 15 is 0 Å². The van der Waals surface area contributed by atoms with Gasteiger partial charge in [-0.3, -0.25) is 5.43 Å². The van der Waals surface area contributed by atoms with Gasteiger partial charge in [-0.25, -0.2) is 14.8 Å². The molecular formula is C21H28FN5O. The van der Waals surface area contributed by atoms with E-state index < -0.39 is 5.82 Å². The molecule has 0 bridgehead atoms. The van der Waals surface area contributed by atoms with E-state index in [2.05, 4.69) is 28.1 Å². The van der Waals surface area contributed by atoms with Gasteiger partial charge in [-0.1, -0.05) is 6.92 Å². The second-order valence-corrected chi connectivity index (χ2v) is 8.38. The molecule has 5 rings (SSSR count). The van der Waals surface area contributed by atoms with E-state index in [9.17, 15) is 9.50 Å². The summed E-state index contributed by atoms with van der Waals surface area (Å²) >= 11 is 0. The number of benzene rings is 1. The zero-order chi connectivity index (χ0) is 19.3. The Morgan fingerprint density at radius 1 is 1.25 bits per heavy atom. The van der Waals surface area contributed by atoms with Crippen molar-refractivity contribution in [1.29, 1.82) is 0 Å². The molecule has 7 heteroatoms. The minimum Gasteiger partial charge on any atom is -0.505 e. The van der Waals surface area contributed by atoms with Crippen LogP contribution in [0.4, 0.5) is 4.39 Å². The Bertz CT molecular complexity index is 858. The highest BCUT2D eigenvalue weighted by Gasteiger charge is 2.43. The number of H-pyrrole nitrogens is 1. The number of nitrogens with one attached hydrogen (secondary N) is 4. The maximum Gasteiger partial charge on any atom is 0.165 e. The van der Waals surface area contributed by atoms with Gasteiger partial charge in [0.1, 0.15) is 5.82 Å². The number of nitrogens with zero attached hydrogens (tertiary/aromatic N) is 1. The average Bonchev–Trinajstić information content (AvgIpc) is 3.32. The van der Waals surface area contributed by atoms with Crippen molar-refractivity contribution in [1.82, 2.24) is 26.1 Å². The summed E-state index contributed by atoms with van der Waals surface area (Å²) in [5.41, 5.74) is 11.5. The van der Waals surface area contributed by atoms with Crippen LogP contribution in [0.5, 0.6) is 5.75 Å². The van der Waals surface area contributed by atoms with Crippen LogP contribution in [0.25, 0.3) is 0 Å². The molecule has 3 heterocycles. The molecule has 2 aromatic rings. The molecule has 0 spiro atoms. The number of aryl methyl sites for hydroxylation is 1. The number of aromatic amines is 1. The van der Waals surface area contributed by atoms with Gasteiger partial charge in [0, 0.05) is 25.6 Å². The minimum atomic E-state index is -0.514. The molecule has 150 valence electrons. The Hall–Kier alpha value is -1.96. The fourth-order valence-electron chi connectivity index (χ4n) is 5.31. The number of imidazole rings is 1. The molecule has 3 aliphatic rings. The van der Waals surface area contributed by atoms with Crippen LogP contribution in [0.15, 0.2) is 12.1 Å². The molecule has 0 radical (unpaired) electrons. The first-order chi connectivity index (χ1) is 13.6. The molecular weight excluding hydrogens is 357 g/mol. The van der Waals surface area contributed by atoms with Crippen molar-refractivity contribution in [3.63, 3.8) is 0 Å². The van der Waals surface area contributed by atoms with Crippen molar-refractivity contribution >= 4 is 0 Å². The minimum absolute atomic E-state index is 0.193. The van der Waals surface area contributed by atoms with Crippen LogP contribution in [0.2, 0.25) is 0 Å². The van der Waals surface area contributed by atoms with Crippen molar-refractivity contribution < 1.29 is 9.50 Å². The van der Waals surface area contributed by atoms with Crippen molar-refractivity contribution in [3.05, 3.63) is 46.3 Å². The number of hydrazine groups is 1. The normalized spacial score (nSPS) is 29.5. The Labute approximate surface area is 164 Å². The predicted molar refractivity (Wildman–Crippen MR) is 104 cm³/mol. The third-order valence-electron chi connectivity index (χ3n) is 6.80. The summed E-state index contributed by atoms with van der Waals surface area (Å²) in [6.07, 6.45) is 4.84. The molecule has 1 aliphatic carbocycles. The molecule has 5 N–H and O–H groups in total. The number of aromatic hydroxyl groups is 1. The molecule has 2 fully saturated rings. The van der Waals surface area contributed by atoms with Gasteiger partial charge < -0.3 is 15.4 Å². The maximum absolute atomic E-state index is 14.0. The predicted octanol–water partition coefficient (Wildman–Crippen LogP) is 2.56. The average molecular weight is 385 g/mol. The highest BCUT2D eigenvalue weighted by Crippen LogP contribution is 2.44. The number of rotatable bonds is 3. The summed E-state index contributed by atoms with van der Waals surface area (Å²) < 4.78 is 14.0. The van der Waals surface area contributed by atoms with E-state index in [1.54, 1.807) is 12.1 Å². The first-order valence-corrected chi connectivity index (χ1v) is 10.4. The van der Waals surface area contributed by atoms with Gasteiger partial charge in [0.15, 0.2) is 11.6 Å². The van der Waals surface area contributed by atoms with Gasteiger partial charge in [0.05, 0.1) is 17.4 Å². The summed E-state index contributed by atoms with van der Waals surface area (Å²) in [6.45, 7) is 3.91. The van der Waals surface area contributed by atoms with Gasteiger partial charge in [0.25, 0.3) is 0 Å². The first kappa shape index (κ1) is 18.1. The Morgan fingerprint density at radius 3 is 2.96 bits per heavy atom. The summed E-state index contributed by atoms with van der Waals surface area (Å²) in [6, 6.07) is 3.68. The van der Waals surface area contributed by atoms with Gasteiger partial charge in [0.2, 0.25) is 0 Å². The topological polar surface area (TPSA) is 85.0 Å². The Kier molecular flexibility index (Phi) is 4.61. The monoisotopic (exact) mass is 385 g/mol. The molecule has 2 aliphatic heterocycles. The number of aromatic nitrogens is 2. The zero-order valence-electron chi connectivity index (χ0n) is 16.2. The van der Waals surface area contributed by atoms with Gasteiger partial charge in [-0.05, 0) is 60.8 Å². The molecule has 28 heavy (non-hydrogen) atoms. The molecule has 4 unspecified atom stereocenters. The largest absolute Gasteiger partial charge is 0.505 e. The Balaban J connectivity index is 1.35. The van der Waals surface area contributed by atoms with E-state index in [-0.39, 0.29) is 11.8 Å². The summed E-state index contributed by atoms with van der Waals surface area (Å²) in [4.78, 5) is 8.40. The molecule has 1 saturated carbocycles. The van der Waals surface area contributed by atoms with Gasteiger partial charge in [-0.2, -0.15) is 0 Å². The highest BCUT2D eigenvalue weighted by atomic mass is 19.1. The number of hydrogen-bond donors (Lipinski definition) is 5. The van der Waals surface area contributed by atoms with Crippen LogP contribution in [0.3, 0.4) is 0 Å². The quantitative estimate of drug-likeness (QED) is 0.561. The summed E-state index contributed by atoms with van der Waals surface area (Å²) in [5.74, 6) is 1.07. The van der Waals surface area contributed by atoms with Crippen molar-refractivity contribution in [3.8, 4) is 5.75 Å². The lowest BCUT2D eigenvalue weighted by atomic mass is 9.73. The van der Waals surface area contributed by atoms with Crippen molar-refractivity contribution in [2.75, 3.05) is 6.54 Å². The van der Waals surface area contributed by atoms with Crippen LogP contribution in [0.1, 0.15) is 66.5 Å². The number of halogens is 1. The lowest BCUT2D eigenvalue weighted by molar-refractivity contribution is 0.276. The molecule has 0 amide bonds. The van der Waals surface area contributed by atoms with E-state index in [4.69, 9.17) is 4.98 Å². The molecule has 1 aromatic carbocycles. The number of fused-ring (bicyclic) bond motifs is 2. The van der Waals surface area contributed by atoms with E-state index in [0.29, 0.717) is 17.9 Å². The second kappa shape index (κ2) is 7.13. The van der Waals surface area contributed by atoms with Crippen LogP contribution in [0, 0.1) is 11.7 Å². The van der Waals surface area contributed by atoms with Crippen LogP contribution in [-0.4, -0.2) is 27.7 Å². The van der Waals surface area contributed by atoms with E-state index in [0.717, 1.165) is 62.1 Å². The maximum atomic E-state index is 14.0. The van der Waals surface area contributed by atoms with Crippen LogP contribution >= 0.6 is 0 Å². The van der Waals surface area contributed by atoms with E-state index in [1.807, 2.05) is 0 Å². The van der Waals surface area contributed by atoms with Crippen LogP contribution in [-0.2, 0) is 19.4 Å². The SMILES string of the molecule is CCc1cc(O)c(F)cc1C1CCC2C(C1)NNC2c1nc2c([nH]1)CNCC2. The van der Waals surface area contributed by atoms with Gasteiger partial charge >= 0.3 is 0 Å². The molecule has 1 aromatic heterocycles. The third kappa shape index (κ3) is 3.02. The standard InChI is InChI=1S/C21H28FN5O/c1-2-11-8-19(28)15(22)9-14(11)12-3-4-13-17(7-12)26-27-20(13)21-24-16-5-6-23-10-18(16)25-21/h8-9,12-13,17,20,23,26-28H,2-7,10H2,1H3,(H,24,25). The molecule has 4 atom stereocenters. The highest BCUT2D eigenvalue weighted by molar-refractivity contribution is 5.39.